The first-order chi connectivity index (χ1) is 8.31. The van der Waals surface area contributed by atoms with Crippen LogP contribution in [-0.2, 0) is 6.42 Å². The Morgan fingerprint density at radius 1 is 1.41 bits per heavy atom. The first kappa shape index (κ1) is 11.0. The van der Waals surface area contributed by atoms with Gasteiger partial charge in [0.05, 0.1) is 11.9 Å². The molecule has 1 aromatic rings. The molecule has 3 heterocycles. The van der Waals surface area contributed by atoms with Gasteiger partial charge in [0.1, 0.15) is 5.82 Å². The summed E-state index contributed by atoms with van der Waals surface area (Å²) in [4.78, 5) is 11.4. The maximum atomic E-state index is 4.67. The molecule has 4 nitrogen and oxygen atoms in total. The molecule has 1 spiro atoms. The Kier molecular flexibility index (Phi) is 2.74. The predicted octanol–water partition coefficient (Wildman–Crippen LogP) is 1.23. The second-order valence-corrected chi connectivity index (χ2v) is 5.32. The van der Waals surface area contributed by atoms with Crippen LogP contribution < -0.4 is 10.2 Å². The molecule has 2 aliphatic heterocycles. The molecule has 0 bridgehead atoms. The first-order valence-corrected chi connectivity index (χ1v) is 6.58. The molecule has 2 aliphatic rings. The molecule has 0 amide bonds. The third-order valence-electron chi connectivity index (χ3n) is 4.13. The summed E-state index contributed by atoms with van der Waals surface area (Å²) in [7, 11) is 0. The Bertz CT molecular complexity index is 398. The van der Waals surface area contributed by atoms with E-state index in [1.54, 1.807) is 0 Å². The van der Waals surface area contributed by atoms with Crippen LogP contribution in [0.3, 0.4) is 0 Å². The fraction of sp³-hybridized carbons (Fsp3) is 0.692. The molecular formula is C13H20N4. The second-order valence-electron chi connectivity index (χ2n) is 5.32. The van der Waals surface area contributed by atoms with E-state index in [1.807, 2.05) is 12.4 Å². The Labute approximate surface area is 102 Å². The van der Waals surface area contributed by atoms with Gasteiger partial charge in [-0.25, -0.2) is 4.98 Å². The summed E-state index contributed by atoms with van der Waals surface area (Å²) in [5.74, 6) is 1.06. The zero-order valence-electron chi connectivity index (χ0n) is 10.4. The van der Waals surface area contributed by atoms with Crippen LogP contribution in [0, 0.1) is 5.41 Å². The molecule has 2 saturated heterocycles. The van der Waals surface area contributed by atoms with Crippen LogP contribution in [0.5, 0.6) is 0 Å². The van der Waals surface area contributed by atoms with Crippen LogP contribution in [0.2, 0.25) is 0 Å². The SMILES string of the molecule is CCc1cncc(N2CCC3(CCNC3)C2)n1. The number of hydrogen-bond acceptors (Lipinski definition) is 4. The predicted molar refractivity (Wildman–Crippen MR) is 68.2 cm³/mol. The lowest BCUT2D eigenvalue weighted by molar-refractivity contribution is 0.369. The van der Waals surface area contributed by atoms with E-state index in [4.69, 9.17) is 0 Å². The number of nitrogens with one attached hydrogen (secondary N) is 1. The molecule has 2 fully saturated rings. The Morgan fingerprint density at radius 3 is 3.12 bits per heavy atom. The number of aryl methyl sites for hydroxylation is 1. The van der Waals surface area contributed by atoms with Crippen molar-refractivity contribution >= 4 is 5.82 Å². The van der Waals surface area contributed by atoms with Gasteiger partial charge in [-0.1, -0.05) is 6.92 Å². The normalized spacial score (nSPS) is 28.2. The molecule has 1 unspecified atom stereocenters. The van der Waals surface area contributed by atoms with Crippen molar-refractivity contribution in [3.63, 3.8) is 0 Å². The van der Waals surface area contributed by atoms with Crippen LogP contribution in [-0.4, -0.2) is 36.1 Å². The van der Waals surface area contributed by atoms with E-state index in [9.17, 15) is 0 Å². The highest BCUT2D eigenvalue weighted by molar-refractivity contribution is 5.39. The first-order valence-electron chi connectivity index (χ1n) is 6.58. The highest BCUT2D eigenvalue weighted by atomic mass is 15.2. The minimum absolute atomic E-state index is 0.504. The molecule has 92 valence electrons. The Hall–Kier alpha value is -1.16. The fourth-order valence-electron chi connectivity index (χ4n) is 2.99. The van der Waals surface area contributed by atoms with Gasteiger partial charge in [-0.2, -0.15) is 0 Å². The maximum Gasteiger partial charge on any atom is 0.147 e. The van der Waals surface area contributed by atoms with Crippen molar-refractivity contribution in [2.24, 2.45) is 5.41 Å². The van der Waals surface area contributed by atoms with E-state index in [-0.39, 0.29) is 0 Å². The van der Waals surface area contributed by atoms with E-state index in [0.29, 0.717) is 5.41 Å². The van der Waals surface area contributed by atoms with Gasteiger partial charge in [-0.05, 0) is 25.8 Å². The number of anilines is 1. The largest absolute Gasteiger partial charge is 0.355 e. The van der Waals surface area contributed by atoms with Crippen molar-refractivity contribution in [2.75, 3.05) is 31.1 Å². The molecule has 1 aromatic heterocycles. The molecule has 1 atom stereocenters. The number of aromatic nitrogens is 2. The van der Waals surface area contributed by atoms with Crippen LogP contribution in [0.15, 0.2) is 12.4 Å². The monoisotopic (exact) mass is 232 g/mol. The lowest BCUT2D eigenvalue weighted by Crippen LogP contribution is -2.29. The van der Waals surface area contributed by atoms with Gasteiger partial charge < -0.3 is 10.2 Å². The molecule has 0 aliphatic carbocycles. The third-order valence-corrected chi connectivity index (χ3v) is 4.13. The summed E-state index contributed by atoms with van der Waals surface area (Å²) in [6.07, 6.45) is 7.33. The Morgan fingerprint density at radius 2 is 2.35 bits per heavy atom. The molecule has 0 aromatic carbocycles. The van der Waals surface area contributed by atoms with Crippen molar-refractivity contribution in [2.45, 2.75) is 26.2 Å². The number of nitrogens with zero attached hydrogens (tertiary/aromatic N) is 3. The fourth-order valence-corrected chi connectivity index (χ4v) is 2.99. The number of hydrogen-bond donors (Lipinski definition) is 1. The van der Waals surface area contributed by atoms with Gasteiger partial charge in [-0.3, -0.25) is 4.98 Å². The van der Waals surface area contributed by atoms with Crippen molar-refractivity contribution in [1.29, 1.82) is 0 Å². The summed E-state index contributed by atoms with van der Waals surface area (Å²) < 4.78 is 0. The van der Waals surface area contributed by atoms with Gasteiger partial charge in [0.2, 0.25) is 0 Å². The second kappa shape index (κ2) is 4.26. The van der Waals surface area contributed by atoms with Gasteiger partial charge in [0.15, 0.2) is 0 Å². The minimum Gasteiger partial charge on any atom is -0.355 e. The number of rotatable bonds is 2. The van der Waals surface area contributed by atoms with Crippen LogP contribution in [0.4, 0.5) is 5.82 Å². The standard InChI is InChI=1S/C13H20N4/c1-2-11-7-15-8-12(16-11)17-6-4-13(10-17)3-5-14-9-13/h7-8,14H,2-6,9-10H2,1H3. The molecule has 4 heteroatoms. The van der Waals surface area contributed by atoms with Gasteiger partial charge in [-0.15, -0.1) is 0 Å². The lowest BCUT2D eigenvalue weighted by atomic mass is 9.87. The average Bonchev–Trinajstić information content (AvgIpc) is 3.01. The van der Waals surface area contributed by atoms with Crippen molar-refractivity contribution < 1.29 is 0 Å². The van der Waals surface area contributed by atoms with Crippen molar-refractivity contribution in [3.05, 3.63) is 18.1 Å². The molecule has 0 saturated carbocycles. The van der Waals surface area contributed by atoms with E-state index < -0.39 is 0 Å². The van der Waals surface area contributed by atoms with Crippen molar-refractivity contribution in [1.82, 2.24) is 15.3 Å². The summed E-state index contributed by atoms with van der Waals surface area (Å²) in [6, 6.07) is 0. The van der Waals surface area contributed by atoms with Crippen LogP contribution >= 0.6 is 0 Å². The van der Waals surface area contributed by atoms with Gasteiger partial charge in [0, 0.05) is 31.2 Å². The zero-order chi connectivity index (χ0) is 11.7. The van der Waals surface area contributed by atoms with Gasteiger partial charge in [0.25, 0.3) is 0 Å². The third kappa shape index (κ3) is 2.02. The minimum atomic E-state index is 0.504. The Balaban J connectivity index is 1.77. The van der Waals surface area contributed by atoms with Crippen molar-refractivity contribution in [3.8, 4) is 0 Å². The molecule has 17 heavy (non-hydrogen) atoms. The highest BCUT2D eigenvalue weighted by Gasteiger charge is 2.40. The lowest BCUT2D eigenvalue weighted by Gasteiger charge is -2.23. The average molecular weight is 232 g/mol. The zero-order valence-corrected chi connectivity index (χ0v) is 10.4. The summed E-state index contributed by atoms with van der Waals surface area (Å²) in [6.45, 7) is 6.74. The van der Waals surface area contributed by atoms with E-state index >= 15 is 0 Å². The van der Waals surface area contributed by atoms with Gasteiger partial charge >= 0.3 is 0 Å². The summed E-state index contributed by atoms with van der Waals surface area (Å²) >= 11 is 0. The summed E-state index contributed by atoms with van der Waals surface area (Å²) in [5, 5.41) is 3.49. The molecule has 1 N–H and O–H groups in total. The topological polar surface area (TPSA) is 41.1 Å². The van der Waals surface area contributed by atoms with E-state index in [0.717, 1.165) is 31.0 Å². The maximum absolute atomic E-state index is 4.67. The van der Waals surface area contributed by atoms with E-state index in [1.165, 1.54) is 25.9 Å². The van der Waals surface area contributed by atoms with Crippen LogP contribution in [0.1, 0.15) is 25.5 Å². The van der Waals surface area contributed by atoms with E-state index in [2.05, 4.69) is 27.1 Å². The quantitative estimate of drug-likeness (QED) is 0.832. The molecular weight excluding hydrogens is 212 g/mol. The highest BCUT2D eigenvalue weighted by Crippen LogP contribution is 2.37. The molecule has 0 radical (unpaired) electrons. The summed E-state index contributed by atoms with van der Waals surface area (Å²) in [5.41, 5.74) is 1.59. The molecule has 3 rings (SSSR count). The smallest absolute Gasteiger partial charge is 0.147 e. The van der Waals surface area contributed by atoms with Crippen LogP contribution in [0.25, 0.3) is 0 Å².